The number of benzene rings is 1. The highest BCUT2D eigenvalue weighted by atomic mass is 15.2. The Kier molecular flexibility index (Phi) is 3.69. The summed E-state index contributed by atoms with van der Waals surface area (Å²) < 4.78 is 0. The summed E-state index contributed by atoms with van der Waals surface area (Å²) in [5.74, 6) is 0. The normalized spacial score (nSPS) is 23.4. The van der Waals surface area contributed by atoms with Gasteiger partial charge >= 0.3 is 0 Å². The van der Waals surface area contributed by atoms with Crippen molar-refractivity contribution in [3.8, 4) is 0 Å². The third kappa shape index (κ3) is 2.34. The lowest BCUT2D eigenvalue weighted by molar-refractivity contribution is 0.137. The van der Waals surface area contributed by atoms with Crippen molar-refractivity contribution in [3.63, 3.8) is 0 Å². The first-order valence-electron chi connectivity index (χ1n) is 7.72. The molecule has 0 bridgehead atoms. The van der Waals surface area contributed by atoms with Crippen LogP contribution in [0.2, 0.25) is 0 Å². The highest BCUT2D eigenvalue weighted by Gasteiger charge is 2.42. The number of hydrogen-bond donors (Lipinski definition) is 1. The second-order valence-electron chi connectivity index (χ2n) is 6.03. The van der Waals surface area contributed by atoms with Crippen LogP contribution in [0.25, 0.3) is 0 Å². The first-order valence-corrected chi connectivity index (χ1v) is 7.72. The van der Waals surface area contributed by atoms with Gasteiger partial charge in [-0.1, -0.05) is 49.6 Å². The molecule has 2 fully saturated rings. The van der Waals surface area contributed by atoms with Gasteiger partial charge in [0.25, 0.3) is 0 Å². The number of likely N-dealkylation sites (tertiary alicyclic amines) is 1. The Morgan fingerprint density at radius 2 is 1.53 bits per heavy atom. The van der Waals surface area contributed by atoms with E-state index in [0.717, 1.165) is 11.3 Å². The van der Waals surface area contributed by atoms with E-state index in [1.54, 1.807) is 0 Å². The molecular weight excluding hydrogens is 232 g/mol. The second kappa shape index (κ2) is 5.46. The maximum atomic E-state index is 8.80. The predicted molar refractivity (Wildman–Crippen MR) is 79.9 cm³/mol. The molecule has 19 heavy (non-hydrogen) atoms. The van der Waals surface area contributed by atoms with Crippen LogP contribution in [0.15, 0.2) is 30.3 Å². The molecule has 1 saturated heterocycles. The zero-order valence-electron chi connectivity index (χ0n) is 11.7. The molecule has 1 saturated carbocycles. The molecule has 0 spiro atoms. The molecule has 1 aliphatic heterocycles. The van der Waals surface area contributed by atoms with Gasteiger partial charge in [0.15, 0.2) is 0 Å². The first-order chi connectivity index (χ1) is 9.33. The summed E-state index contributed by atoms with van der Waals surface area (Å²) in [6.07, 6.45) is 8.89. The van der Waals surface area contributed by atoms with Gasteiger partial charge in [-0.3, -0.25) is 4.90 Å². The molecule has 0 unspecified atom stereocenters. The average Bonchev–Trinajstić information content (AvgIpc) is 3.03. The lowest BCUT2D eigenvalue weighted by Crippen LogP contribution is -2.54. The zero-order chi connectivity index (χ0) is 13.1. The predicted octanol–water partition coefficient (Wildman–Crippen LogP) is 3.85. The van der Waals surface area contributed by atoms with E-state index >= 15 is 0 Å². The summed E-state index contributed by atoms with van der Waals surface area (Å²) in [5, 5.41) is 8.80. The molecular formula is C17H24N2. The summed E-state index contributed by atoms with van der Waals surface area (Å²) in [6.45, 7) is 2.38. The smallest absolute Gasteiger partial charge is 0.0632 e. The Balaban J connectivity index is 1.92. The van der Waals surface area contributed by atoms with Gasteiger partial charge in [0.1, 0.15) is 0 Å². The Morgan fingerprint density at radius 3 is 2.16 bits per heavy atom. The van der Waals surface area contributed by atoms with Crippen molar-refractivity contribution < 1.29 is 0 Å². The minimum Gasteiger partial charge on any atom is -0.303 e. The number of nitrogens with zero attached hydrogens (tertiary/aromatic N) is 1. The topological polar surface area (TPSA) is 27.1 Å². The van der Waals surface area contributed by atoms with Crippen molar-refractivity contribution in [2.45, 2.75) is 50.5 Å². The summed E-state index contributed by atoms with van der Waals surface area (Å²) in [7, 11) is 0. The molecule has 1 aromatic rings. The van der Waals surface area contributed by atoms with Crippen molar-refractivity contribution in [3.05, 3.63) is 35.9 Å². The summed E-state index contributed by atoms with van der Waals surface area (Å²) in [4.78, 5) is 2.61. The molecule has 1 N–H and O–H groups in total. The minimum absolute atomic E-state index is 0.0378. The van der Waals surface area contributed by atoms with Crippen LogP contribution < -0.4 is 0 Å². The first kappa shape index (κ1) is 12.9. The van der Waals surface area contributed by atoms with E-state index in [4.69, 9.17) is 5.41 Å². The van der Waals surface area contributed by atoms with Gasteiger partial charge in [0.05, 0.1) is 11.3 Å². The van der Waals surface area contributed by atoms with Crippen LogP contribution in [0, 0.1) is 5.41 Å². The van der Waals surface area contributed by atoms with E-state index in [1.807, 2.05) is 6.07 Å². The SMILES string of the molecule is N=C(c1ccccc1)C1(N2CCCC2)CCCCC1. The molecule has 3 rings (SSSR count). The van der Waals surface area contributed by atoms with Crippen LogP contribution >= 0.6 is 0 Å². The van der Waals surface area contributed by atoms with E-state index < -0.39 is 0 Å². The molecule has 102 valence electrons. The average molecular weight is 256 g/mol. The van der Waals surface area contributed by atoms with E-state index in [2.05, 4.69) is 29.2 Å². The Hall–Kier alpha value is -1.15. The molecule has 0 atom stereocenters. The molecule has 0 amide bonds. The summed E-state index contributed by atoms with van der Waals surface area (Å²) >= 11 is 0. The molecule has 1 heterocycles. The molecule has 2 aliphatic rings. The standard InChI is InChI=1S/C17H24N2/c18-16(15-9-3-1-4-10-15)17(11-5-2-6-12-17)19-13-7-8-14-19/h1,3-4,9-10,18H,2,5-8,11-14H2. The molecule has 2 nitrogen and oxygen atoms in total. The molecule has 0 radical (unpaired) electrons. The van der Waals surface area contributed by atoms with Crippen LogP contribution in [0.4, 0.5) is 0 Å². The maximum absolute atomic E-state index is 8.80. The Bertz CT molecular complexity index is 426. The van der Waals surface area contributed by atoms with Gasteiger partial charge in [0.2, 0.25) is 0 Å². The van der Waals surface area contributed by atoms with Crippen molar-refractivity contribution in [1.29, 1.82) is 5.41 Å². The third-order valence-electron chi connectivity index (χ3n) is 4.92. The number of hydrogen-bond acceptors (Lipinski definition) is 2. The maximum Gasteiger partial charge on any atom is 0.0632 e. The minimum atomic E-state index is 0.0378. The van der Waals surface area contributed by atoms with Gasteiger partial charge in [-0.05, 0) is 44.3 Å². The second-order valence-corrected chi connectivity index (χ2v) is 6.03. The molecule has 2 heteroatoms. The van der Waals surface area contributed by atoms with Crippen LogP contribution in [-0.2, 0) is 0 Å². The van der Waals surface area contributed by atoms with Crippen molar-refractivity contribution in [2.24, 2.45) is 0 Å². The fourth-order valence-corrected chi connectivity index (χ4v) is 3.88. The van der Waals surface area contributed by atoms with Gasteiger partial charge in [-0.25, -0.2) is 0 Å². The van der Waals surface area contributed by atoms with Gasteiger partial charge in [-0.15, -0.1) is 0 Å². The molecule has 1 aliphatic carbocycles. The van der Waals surface area contributed by atoms with E-state index in [1.165, 1.54) is 58.0 Å². The van der Waals surface area contributed by atoms with Crippen molar-refractivity contribution in [2.75, 3.05) is 13.1 Å². The fraction of sp³-hybridized carbons (Fsp3) is 0.588. The Labute approximate surface area is 116 Å². The largest absolute Gasteiger partial charge is 0.303 e. The van der Waals surface area contributed by atoms with Gasteiger partial charge in [0, 0.05) is 0 Å². The highest BCUT2D eigenvalue weighted by molar-refractivity contribution is 6.05. The van der Waals surface area contributed by atoms with Crippen molar-refractivity contribution >= 4 is 5.71 Å². The molecule has 1 aromatic carbocycles. The molecule has 0 aromatic heterocycles. The zero-order valence-corrected chi connectivity index (χ0v) is 11.7. The van der Waals surface area contributed by atoms with E-state index in [0.29, 0.717) is 0 Å². The van der Waals surface area contributed by atoms with E-state index in [-0.39, 0.29) is 5.54 Å². The lowest BCUT2D eigenvalue weighted by atomic mass is 9.75. The summed E-state index contributed by atoms with van der Waals surface area (Å²) in [6, 6.07) is 10.4. The summed E-state index contributed by atoms with van der Waals surface area (Å²) in [5.41, 5.74) is 2.03. The third-order valence-corrected chi connectivity index (χ3v) is 4.92. The van der Waals surface area contributed by atoms with Crippen molar-refractivity contribution in [1.82, 2.24) is 4.90 Å². The van der Waals surface area contributed by atoms with Gasteiger partial charge < -0.3 is 5.41 Å². The Morgan fingerprint density at radius 1 is 0.895 bits per heavy atom. The quantitative estimate of drug-likeness (QED) is 0.817. The lowest BCUT2D eigenvalue weighted by Gasteiger charge is -2.45. The van der Waals surface area contributed by atoms with E-state index in [9.17, 15) is 0 Å². The van der Waals surface area contributed by atoms with Crippen LogP contribution in [-0.4, -0.2) is 29.2 Å². The van der Waals surface area contributed by atoms with Crippen LogP contribution in [0.5, 0.6) is 0 Å². The van der Waals surface area contributed by atoms with Gasteiger partial charge in [-0.2, -0.15) is 0 Å². The number of nitrogens with one attached hydrogen (secondary N) is 1. The number of rotatable bonds is 3. The highest BCUT2D eigenvalue weighted by Crippen LogP contribution is 2.38. The monoisotopic (exact) mass is 256 g/mol. The van der Waals surface area contributed by atoms with Crippen LogP contribution in [0.1, 0.15) is 50.5 Å². The van der Waals surface area contributed by atoms with Crippen LogP contribution in [0.3, 0.4) is 0 Å². The fourth-order valence-electron chi connectivity index (χ4n) is 3.88.